The van der Waals surface area contributed by atoms with E-state index in [1.807, 2.05) is 6.07 Å². The van der Waals surface area contributed by atoms with E-state index in [0.717, 1.165) is 11.1 Å². The largest absolute Gasteiger partial charge is 0.493 e. The molecule has 5 rings (SSSR count). The predicted octanol–water partition coefficient (Wildman–Crippen LogP) is 5.31. The standard InChI is InChI=1S/C25H24F2N4O2/c1-23(2,3)13-32-17-5-7-21-19(9-17)24(12-25(26,27)22(28)31-24)18-8-15(4-6-20(18)33-21)16-10-29-14-30-11-16/h4-11,14H,12-13H2,1-3H3,(H2,28,31)/t24-/m0/s1. The number of aliphatic imine (C=N–C) groups is 1. The number of amidine groups is 1. The first-order chi connectivity index (χ1) is 15.6. The van der Waals surface area contributed by atoms with E-state index in [9.17, 15) is 8.78 Å². The second-order valence-electron chi connectivity index (χ2n) is 9.69. The molecule has 2 aliphatic heterocycles. The molecule has 6 nitrogen and oxygen atoms in total. The van der Waals surface area contributed by atoms with E-state index in [-0.39, 0.29) is 5.41 Å². The predicted molar refractivity (Wildman–Crippen MR) is 121 cm³/mol. The van der Waals surface area contributed by atoms with Gasteiger partial charge in [0.15, 0.2) is 5.84 Å². The second kappa shape index (κ2) is 7.23. The highest BCUT2D eigenvalue weighted by Gasteiger charge is 2.56. The summed E-state index contributed by atoms with van der Waals surface area (Å²) in [6.45, 7) is 6.65. The molecule has 0 fully saturated rings. The molecule has 33 heavy (non-hydrogen) atoms. The summed E-state index contributed by atoms with van der Waals surface area (Å²) in [6, 6.07) is 10.7. The highest BCUT2D eigenvalue weighted by molar-refractivity contribution is 5.91. The lowest BCUT2D eigenvalue weighted by Gasteiger charge is -2.35. The van der Waals surface area contributed by atoms with Gasteiger partial charge in [0.2, 0.25) is 0 Å². The Hall–Kier alpha value is -3.55. The molecule has 170 valence electrons. The number of fused-ring (bicyclic) bond motifs is 4. The maximum Gasteiger partial charge on any atom is 0.306 e. The van der Waals surface area contributed by atoms with Crippen molar-refractivity contribution in [2.24, 2.45) is 16.1 Å². The van der Waals surface area contributed by atoms with E-state index in [1.165, 1.54) is 6.33 Å². The Morgan fingerprint density at radius 3 is 2.30 bits per heavy atom. The van der Waals surface area contributed by atoms with E-state index in [2.05, 4.69) is 35.7 Å². The molecule has 0 bridgehead atoms. The number of rotatable bonds is 3. The van der Waals surface area contributed by atoms with Gasteiger partial charge in [-0.05, 0) is 41.3 Å². The van der Waals surface area contributed by atoms with Crippen molar-refractivity contribution in [2.45, 2.75) is 38.7 Å². The lowest BCUT2D eigenvalue weighted by Crippen LogP contribution is -2.34. The van der Waals surface area contributed by atoms with Gasteiger partial charge in [0.1, 0.15) is 29.1 Å². The van der Waals surface area contributed by atoms with Gasteiger partial charge in [-0.1, -0.05) is 26.8 Å². The summed E-state index contributed by atoms with van der Waals surface area (Å²) in [4.78, 5) is 12.5. The zero-order valence-electron chi connectivity index (χ0n) is 18.6. The van der Waals surface area contributed by atoms with Crippen LogP contribution in [-0.4, -0.2) is 28.3 Å². The number of hydrogen-bond acceptors (Lipinski definition) is 6. The Bertz CT molecular complexity index is 1260. The van der Waals surface area contributed by atoms with Crippen LogP contribution in [0.1, 0.15) is 38.3 Å². The summed E-state index contributed by atoms with van der Waals surface area (Å²) in [5, 5.41) is 0. The lowest BCUT2D eigenvalue weighted by molar-refractivity contribution is 0.0614. The highest BCUT2D eigenvalue weighted by Crippen LogP contribution is 2.57. The maximum absolute atomic E-state index is 14.8. The molecule has 0 unspecified atom stereocenters. The molecular formula is C25H24F2N4O2. The van der Waals surface area contributed by atoms with E-state index in [4.69, 9.17) is 15.2 Å². The molecule has 0 radical (unpaired) electrons. The van der Waals surface area contributed by atoms with Crippen molar-refractivity contribution in [1.29, 1.82) is 0 Å². The van der Waals surface area contributed by atoms with Crippen molar-refractivity contribution in [3.63, 3.8) is 0 Å². The number of ether oxygens (including phenoxy) is 2. The minimum Gasteiger partial charge on any atom is -0.493 e. The van der Waals surface area contributed by atoms with Crippen molar-refractivity contribution in [1.82, 2.24) is 9.97 Å². The van der Waals surface area contributed by atoms with Crippen LogP contribution in [0, 0.1) is 5.41 Å². The van der Waals surface area contributed by atoms with Crippen LogP contribution in [0.2, 0.25) is 0 Å². The number of nitrogens with two attached hydrogens (primary N) is 1. The number of hydrogen-bond donors (Lipinski definition) is 1. The number of alkyl halides is 2. The fourth-order valence-electron chi connectivity index (χ4n) is 4.19. The summed E-state index contributed by atoms with van der Waals surface area (Å²) in [7, 11) is 0. The molecule has 0 amide bonds. The van der Waals surface area contributed by atoms with Crippen LogP contribution >= 0.6 is 0 Å². The number of aromatic nitrogens is 2. The van der Waals surface area contributed by atoms with Crippen LogP contribution in [0.4, 0.5) is 8.78 Å². The van der Waals surface area contributed by atoms with Crippen molar-refractivity contribution in [3.05, 3.63) is 66.2 Å². The van der Waals surface area contributed by atoms with Crippen LogP contribution in [0.25, 0.3) is 11.1 Å². The average Bonchev–Trinajstić information content (AvgIpc) is 3.02. The Morgan fingerprint density at radius 2 is 1.67 bits per heavy atom. The first kappa shape index (κ1) is 21.3. The van der Waals surface area contributed by atoms with Gasteiger partial charge in [-0.15, -0.1) is 0 Å². The van der Waals surface area contributed by atoms with Gasteiger partial charge >= 0.3 is 5.92 Å². The molecule has 2 aliphatic rings. The van der Waals surface area contributed by atoms with Gasteiger partial charge in [0.25, 0.3) is 0 Å². The Labute approximate surface area is 190 Å². The first-order valence-corrected chi connectivity index (χ1v) is 10.7. The van der Waals surface area contributed by atoms with E-state index in [1.54, 1.807) is 42.7 Å². The zero-order chi connectivity index (χ0) is 23.4. The van der Waals surface area contributed by atoms with Gasteiger partial charge in [-0.25, -0.2) is 9.97 Å². The maximum atomic E-state index is 14.8. The molecule has 1 atom stereocenters. The first-order valence-electron chi connectivity index (χ1n) is 10.7. The van der Waals surface area contributed by atoms with E-state index in [0.29, 0.717) is 35.0 Å². The molecular weight excluding hydrogens is 426 g/mol. The van der Waals surface area contributed by atoms with E-state index >= 15 is 0 Å². The van der Waals surface area contributed by atoms with Crippen LogP contribution < -0.4 is 15.2 Å². The topological polar surface area (TPSA) is 82.6 Å². The van der Waals surface area contributed by atoms with Crippen LogP contribution in [0.3, 0.4) is 0 Å². The van der Waals surface area contributed by atoms with Crippen LogP contribution in [0.5, 0.6) is 17.2 Å². The van der Waals surface area contributed by atoms with Crippen molar-refractivity contribution in [3.8, 4) is 28.4 Å². The monoisotopic (exact) mass is 450 g/mol. The molecule has 3 aromatic rings. The SMILES string of the molecule is CC(C)(C)COc1ccc2c(c1)[C@]1(CC(F)(F)C(N)=N1)c1cc(-c3cncnc3)ccc1O2. The lowest BCUT2D eigenvalue weighted by atomic mass is 9.77. The quantitative estimate of drug-likeness (QED) is 0.584. The van der Waals surface area contributed by atoms with Crippen molar-refractivity contribution >= 4 is 5.84 Å². The third-order valence-electron chi connectivity index (χ3n) is 5.77. The van der Waals surface area contributed by atoms with Gasteiger partial charge in [0.05, 0.1) is 13.0 Å². The Morgan fingerprint density at radius 1 is 1.00 bits per heavy atom. The molecule has 2 N–H and O–H groups in total. The molecule has 1 spiro atoms. The smallest absolute Gasteiger partial charge is 0.306 e. The average molecular weight is 450 g/mol. The van der Waals surface area contributed by atoms with Crippen LogP contribution in [0.15, 0.2) is 60.1 Å². The third kappa shape index (κ3) is 3.69. The normalized spacial score (nSPS) is 20.6. The van der Waals surface area contributed by atoms with Gasteiger partial charge in [0, 0.05) is 29.1 Å². The minimum absolute atomic E-state index is 0.0632. The molecule has 0 saturated carbocycles. The summed E-state index contributed by atoms with van der Waals surface area (Å²) < 4.78 is 41.7. The highest BCUT2D eigenvalue weighted by atomic mass is 19.3. The molecule has 1 aromatic heterocycles. The minimum atomic E-state index is -3.25. The Kier molecular flexibility index (Phi) is 4.67. The van der Waals surface area contributed by atoms with Crippen molar-refractivity contribution < 1.29 is 18.3 Å². The van der Waals surface area contributed by atoms with Crippen molar-refractivity contribution in [2.75, 3.05) is 6.61 Å². The molecule has 2 aromatic carbocycles. The number of halogens is 2. The second-order valence-corrected chi connectivity index (χ2v) is 9.69. The van der Waals surface area contributed by atoms with E-state index < -0.39 is 23.7 Å². The van der Waals surface area contributed by atoms with Gasteiger partial charge < -0.3 is 15.2 Å². The summed E-state index contributed by atoms with van der Waals surface area (Å²) in [5.41, 5.74) is 6.82. The van der Waals surface area contributed by atoms with Gasteiger partial charge in [-0.3, -0.25) is 4.99 Å². The summed E-state index contributed by atoms with van der Waals surface area (Å²) in [6.07, 6.45) is 4.17. The van der Waals surface area contributed by atoms with Gasteiger partial charge in [-0.2, -0.15) is 8.78 Å². The number of benzene rings is 2. The third-order valence-corrected chi connectivity index (χ3v) is 5.77. The molecule has 8 heteroatoms. The summed E-state index contributed by atoms with van der Waals surface area (Å²) >= 11 is 0. The molecule has 3 heterocycles. The summed E-state index contributed by atoms with van der Waals surface area (Å²) in [5.74, 6) is -2.46. The fourth-order valence-corrected chi connectivity index (χ4v) is 4.19. The fraction of sp³-hybridized carbons (Fsp3) is 0.320. The Balaban J connectivity index is 1.67. The molecule has 0 saturated heterocycles. The molecule has 0 aliphatic carbocycles. The zero-order valence-corrected chi connectivity index (χ0v) is 18.6. The van der Waals surface area contributed by atoms with Crippen LogP contribution in [-0.2, 0) is 5.54 Å². The number of nitrogens with zero attached hydrogens (tertiary/aromatic N) is 3.